The topological polar surface area (TPSA) is 0 Å². The number of halogens is 2. The summed E-state index contributed by atoms with van der Waals surface area (Å²) >= 11 is 4.17. The quantitative estimate of drug-likeness (QED) is 0.515. The van der Waals surface area contributed by atoms with E-state index in [0.29, 0.717) is 0 Å². The summed E-state index contributed by atoms with van der Waals surface area (Å²) in [6, 6.07) is 0. The van der Waals surface area contributed by atoms with Crippen molar-refractivity contribution in [3.63, 3.8) is 0 Å². The summed E-state index contributed by atoms with van der Waals surface area (Å²) in [4.78, 5) is 0. The van der Waals surface area contributed by atoms with Crippen LogP contribution in [0.2, 0.25) is 0 Å². The Hall–Kier alpha value is 1.35. The van der Waals surface area contributed by atoms with Crippen LogP contribution in [-0.4, -0.2) is 49.9 Å². The molecule has 0 aromatic rings. The first-order valence-corrected chi connectivity index (χ1v) is 10.4. The summed E-state index contributed by atoms with van der Waals surface area (Å²) in [5.74, 6) is 0. The molecule has 0 aromatic heterocycles. The van der Waals surface area contributed by atoms with E-state index in [2.05, 4.69) is 71.0 Å². The van der Waals surface area contributed by atoms with Gasteiger partial charge in [-0.2, -0.15) is 0 Å². The second kappa shape index (κ2) is 5.33. The minimum absolute atomic E-state index is 0. The van der Waals surface area contributed by atoms with Gasteiger partial charge in [-0.25, -0.2) is 0 Å². The van der Waals surface area contributed by atoms with Gasteiger partial charge in [-0.15, -0.1) is 0 Å². The maximum atomic E-state index is 4.17. The fourth-order valence-electron chi connectivity index (χ4n) is 2.00. The molecule has 0 saturated heterocycles. The normalized spacial score (nSPS) is 16.1. The van der Waals surface area contributed by atoms with Gasteiger partial charge in [-0.3, -0.25) is 0 Å². The van der Waals surface area contributed by atoms with Crippen LogP contribution in [-0.2, 0) is 0 Å². The van der Waals surface area contributed by atoms with E-state index in [0.717, 1.165) is 15.8 Å². The van der Waals surface area contributed by atoms with Gasteiger partial charge in [0.2, 0.25) is 0 Å². The third kappa shape index (κ3) is 4.61. The van der Waals surface area contributed by atoms with Crippen LogP contribution in [0.25, 0.3) is 0 Å². The first-order valence-electron chi connectivity index (χ1n) is 5.42. The molecule has 0 radical (unpaired) electrons. The van der Waals surface area contributed by atoms with Crippen LogP contribution in [0.1, 0.15) is 27.7 Å². The van der Waals surface area contributed by atoms with Crippen molar-refractivity contribution in [1.29, 1.82) is 0 Å². The molecule has 0 aliphatic carbocycles. The second-order valence-electron chi connectivity index (χ2n) is 6.45. The van der Waals surface area contributed by atoms with Crippen molar-refractivity contribution in [3.05, 3.63) is 0 Å². The Bertz CT molecular complexity index is 195. The van der Waals surface area contributed by atoms with Gasteiger partial charge in [0, 0.05) is 0 Å². The number of quaternary nitrogens is 1. The first-order chi connectivity index (χ1) is 5.89. The van der Waals surface area contributed by atoms with E-state index in [4.69, 9.17) is 0 Å². The number of nitrogens with zero attached hydrogens (tertiary/aromatic N) is 1. The van der Waals surface area contributed by atoms with Crippen LogP contribution in [0.3, 0.4) is 0 Å². The molecule has 0 spiro atoms. The standard InChI is InChI=1S/C11H28BrNP.BrH/c1-10(2)14(8,12,11(3)4)9-13(5,6)7;/h10-11H,9H2,1-8H3;1H/q+1;/p-1. The van der Waals surface area contributed by atoms with Crippen molar-refractivity contribution in [3.8, 4) is 0 Å². The Labute approximate surface area is 115 Å². The van der Waals surface area contributed by atoms with Gasteiger partial charge in [0.15, 0.2) is 0 Å². The zero-order valence-corrected chi connectivity index (χ0v) is 15.6. The molecule has 0 aliphatic heterocycles. The van der Waals surface area contributed by atoms with Gasteiger partial charge in [0.25, 0.3) is 0 Å². The summed E-state index contributed by atoms with van der Waals surface area (Å²) < 4.78 is 1.05. The fraction of sp³-hybridized carbons (Fsp3) is 1.00. The van der Waals surface area contributed by atoms with Crippen molar-refractivity contribution in [2.24, 2.45) is 0 Å². The zero-order valence-electron chi connectivity index (χ0n) is 11.5. The Morgan fingerprint density at radius 3 is 1.33 bits per heavy atom. The molecule has 0 fully saturated rings. The summed E-state index contributed by atoms with van der Waals surface area (Å²) in [6.07, 6.45) is 1.26. The predicted octanol–water partition coefficient (Wildman–Crippen LogP) is 0.964. The van der Waals surface area contributed by atoms with Crippen LogP contribution in [0.5, 0.6) is 0 Å². The Morgan fingerprint density at radius 1 is 1.00 bits per heavy atom. The average Bonchev–Trinajstić information content (AvgIpc) is 1.81. The van der Waals surface area contributed by atoms with E-state index < -0.39 is 5.31 Å². The van der Waals surface area contributed by atoms with E-state index in [-0.39, 0.29) is 17.0 Å². The number of rotatable bonds is 4. The Kier molecular flexibility index (Phi) is 6.65. The summed E-state index contributed by atoms with van der Waals surface area (Å²) in [7, 11) is 6.87. The third-order valence-electron chi connectivity index (χ3n) is 3.53. The molecular formula is C11H28Br2NP. The largest absolute Gasteiger partial charge is 1.00 e. The van der Waals surface area contributed by atoms with Gasteiger partial charge in [-0.05, 0) is 0 Å². The summed E-state index contributed by atoms with van der Waals surface area (Å²) in [5.41, 5.74) is 1.50. The van der Waals surface area contributed by atoms with Crippen LogP contribution in [0, 0.1) is 0 Å². The molecule has 4 heteroatoms. The SMILES string of the molecule is CC(C)P(C)(Br)(C[N+](C)(C)C)C(C)C.[Br-]. The van der Waals surface area contributed by atoms with Crippen LogP contribution in [0.15, 0.2) is 0 Å². The van der Waals surface area contributed by atoms with E-state index in [1.807, 2.05) is 0 Å². The van der Waals surface area contributed by atoms with Crippen LogP contribution >= 0.6 is 20.8 Å². The molecule has 0 heterocycles. The third-order valence-corrected chi connectivity index (χ3v) is 16.2. The Morgan fingerprint density at radius 2 is 1.27 bits per heavy atom. The monoisotopic (exact) mass is 363 g/mol. The predicted molar refractivity (Wildman–Crippen MR) is 74.9 cm³/mol. The molecule has 96 valence electrons. The van der Waals surface area contributed by atoms with Crippen molar-refractivity contribution in [2.45, 2.75) is 39.0 Å². The summed E-state index contributed by atoms with van der Waals surface area (Å²) in [5, 5.41) is -1.73. The maximum Gasteiger partial charge on any atom is -1.00 e. The molecule has 0 N–H and O–H groups in total. The molecule has 0 aromatic carbocycles. The molecule has 1 nitrogen and oxygen atoms in total. The van der Waals surface area contributed by atoms with E-state index in [9.17, 15) is 0 Å². The first kappa shape index (κ1) is 18.7. The molecule has 0 amide bonds. The van der Waals surface area contributed by atoms with Crippen molar-refractivity contribution < 1.29 is 21.5 Å². The molecule has 0 rings (SSSR count). The van der Waals surface area contributed by atoms with Gasteiger partial charge >= 0.3 is 98.4 Å². The second-order valence-corrected chi connectivity index (χ2v) is 18.5. The minimum atomic E-state index is -1.73. The molecule has 0 atom stereocenters. The van der Waals surface area contributed by atoms with Crippen molar-refractivity contribution in [2.75, 3.05) is 34.1 Å². The summed E-state index contributed by atoms with van der Waals surface area (Å²) in [6.45, 7) is 11.9. The smallest absolute Gasteiger partial charge is 1.00 e. The molecule has 0 unspecified atom stereocenters. The van der Waals surface area contributed by atoms with E-state index >= 15 is 0 Å². The molecule has 15 heavy (non-hydrogen) atoms. The van der Waals surface area contributed by atoms with E-state index in [1.54, 1.807) is 0 Å². The van der Waals surface area contributed by atoms with Gasteiger partial charge in [0.05, 0.1) is 0 Å². The number of hydrogen-bond donors (Lipinski definition) is 0. The van der Waals surface area contributed by atoms with Crippen molar-refractivity contribution >= 4 is 20.8 Å². The van der Waals surface area contributed by atoms with Gasteiger partial charge in [-0.1, -0.05) is 0 Å². The number of hydrogen-bond acceptors (Lipinski definition) is 0. The minimum Gasteiger partial charge on any atom is -1.00 e. The van der Waals surface area contributed by atoms with Crippen LogP contribution in [0.4, 0.5) is 0 Å². The molecule has 0 bridgehead atoms. The van der Waals surface area contributed by atoms with Gasteiger partial charge < -0.3 is 17.0 Å². The Balaban J connectivity index is 0. The van der Waals surface area contributed by atoms with E-state index in [1.165, 1.54) is 6.29 Å². The molecule has 0 saturated carbocycles. The van der Waals surface area contributed by atoms with Gasteiger partial charge in [0.1, 0.15) is 0 Å². The molecule has 0 aliphatic rings. The maximum absolute atomic E-state index is 4.17. The zero-order chi connectivity index (χ0) is 11.8. The van der Waals surface area contributed by atoms with Crippen molar-refractivity contribution in [1.82, 2.24) is 0 Å². The molecular weight excluding hydrogens is 337 g/mol. The van der Waals surface area contributed by atoms with Crippen LogP contribution < -0.4 is 17.0 Å². The average molecular weight is 365 g/mol. The fourth-order valence-corrected chi connectivity index (χ4v) is 8.01.